The van der Waals surface area contributed by atoms with Gasteiger partial charge in [-0.05, 0) is 35.1 Å². The molecule has 1 amide bonds. The summed E-state index contributed by atoms with van der Waals surface area (Å²) in [4.78, 5) is 15.1. The number of pyridine rings is 1. The fraction of sp³-hybridized carbons (Fsp3) is 0.250. The summed E-state index contributed by atoms with van der Waals surface area (Å²) in [5.74, 6) is 0.801. The molecule has 0 aliphatic carbocycles. The van der Waals surface area contributed by atoms with Crippen molar-refractivity contribution in [2.45, 2.75) is 12.8 Å². The Kier molecular flexibility index (Phi) is 2.00. The zero-order chi connectivity index (χ0) is 8.55. The maximum Gasteiger partial charge on any atom is 0.225 e. The van der Waals surface area contributed by atoms with E-state index in [0.717, 1.165) is 17.8 Å². The largest absolute Gasteiger partial charge is 0.310 e. The van der Waals surface area contributed by atoms with Crippen molar-refractivity contribution in [1.29, 1.82) is 0 Å². The molecule has 1 aromatic rings. The summed E-state index contributed by atoms with van der Waals surface area (Å²) in [6, 6.07) is 1.96. The number of aromatic nitrogens is 1. The highest BCUT2D eigenvalue weighted by atomic mass is 127. The number of rotatable bonds is 0. The number of hydrogen-bond acceptors (Lipinski definition) is 2. The highest BCUT2D eigenvalue weighted by molar-refractivity contribution is 14.1. The van der Waals surface area contributed by atoms with Gasteiger partial charge in [0.2, 0.25) is 5.91 Å². The summed E-state index contributed by atoms with van der Waals surface area (Å²) < 4.78 is 1.18. The van der Waals surface area contributed by atoms with Crippen LogP contribution in [0.1, 0.15) is 12.0 Å². The normalized spacial score (nSPS) is 15.2. The van der Waals surface area contributed by atoms with Crippen LogP contribution in [0.2, 0.25) is 0 Å². The van der Waals surface area contributed by atoms with E-state index in [0.29, 0.717) is 6.42 Å². The predicted molar refractivity (Wildman–Crippen MR) is 53.9 cm³/mol. The van der Waals surface area contributed by atoms with Crippen LogP contribution >= 0.6 is 22.6 Å². The third-order valence-corrected chi connectivity index (χ3v) is 2.87. The van der Waals surface area contributed by atoms with Crippen molar-refractivity contribution < 1.29 is 4.79 Å². The molecule has 1 N–H and O–H groups in total. The van der Waals surface area contributed by atoms with Gasteiger partial charge in [-0.25, -0.2) is 4.98 Å². The fourth-order valence-electron chi connectivity index (χ4n) is 1.25. The quantitative estimate of drug-likeness (QED) is 0.730. The number of anilines is 1. The van der Waals surface area contributed by atoms with E-state index >= 15 is 0 Å². The van der Waals surface area contributed by atoms with Gasteiger partial charge in [-0.1, -0.05) is 0 Å². The number of hydrogen-bond donors (Lipinski definition) is 1. The number of fused-ring (bicyclic) bond motifs is 1. The van der Waals surface area contributed by atoms with Crippen molar-refractivity contribution in [3.05, 3.63) is 21.4 Å². The molecule has 3 nitrogen and oxygen atoms in total. The molecule has 0 radical (unpaired) electrons. The first kappa shape index (κ1) is 7.97. The first-order valence-electron chi connectivity index (χ1n) is 3.70. The Morgan fingerprint density at radius 2 is 2.33 bits per heavy atom. The molecule has 1 aliphatic rings. The third-order valence-electron chi connectivity index (χ3n) is 1.86. The molecule has 0 unspecified atom stereocenters. The van der Waals surface area contributed by atoms with Crippen molar-refractivity contribution in [3.8, 4) is 0 Å². The van der Waals surface area contributed by atoms with E-state index in [2.05, 4.69) is 32.9 Å². The van der Waals surface area contributed by atoms with E-state index < -0.39 is 0 Å². The molecule has 12 heavy (non-hydrogen) atoms. The second-order valence-electron chi connectivity index (χ2n) is 2.67. The Hall–Kier alpha value is -0.650. The first-order chi connectivity index (χ1) is 5.77. The zero-order valence-corrected chi connectivity index (χ0v) is 8.46. The second-order valence-corrected chi connectivity index (χ2v) is 3.83. The smallest absolute Gasteiger partial charge is 0.225 e. The van der Waals surface area contributed by atoms with Crippen molar-refractivity contribution >= 4 is 34.3 Å². The summed E-state index contributed by atoms with van der Waals surface area (Å²) in [5.41, 5.74) is 1.16. The molecule has 0 fully saturated rings. The van der Waals surface area contributed by atoms with Crippen LogP contribution in [-0.4, -0.2) is 10.9 Å². The number of carbonyl (C=O) groups excluding carboxylic acids is 1. The van der Waals surface area contributed by atoms with Crippen molar-refractivity contribution in [2.24, 2.45) is 0 Å². The van der Waals surface area contributed by atoms with Gasteiger partial charge in [0, 0.05) is 21.8 Å². The fourth-order valence-corrected chi connectivity index (χ4v) is 1.93. The second kappa shape index (κ2) is 3.01. The van der Waals surface area contributed by atoms with Crippen molar-refractivity contribution in [1.82, 2.24) is 4.98 Å². The highest BCUT2D eigenvalue weighted by Gasteiger charge is 2.17. The number of nitrogens with zero attached hydrogens (tertiary/aromatic N) is 1. The van der Waals surface area contributed by atoms with Crippen LogP contribution in [0.5, 0.6) is 0 Å². The average molecular weight is 274 g/mol. The van der Waals surface area contributed by atoms with Crippen LogP contribution < -0.4 is 5.32 Å². The molecular formula is C8H7IN2O. The lowest BCUT2D eigenvalue weighted by Crippen LogP contribution is -2.20. The number of amides is 1. The van der Waals surface area contributed by atoms with Gasteiger partial charge in [-0.3, -0.25) is 4.79 Å². The van der Waals surface area contributed by atoms with Crippen LogP contribution in [0.4, 0.5) is 5.82 Å². The summed E-state index contributed by atoms with van der Waals surface area (Å²) in [6.07, 6.45) is 3.11. The van der Waals surface area contributed by atoms with E-state index in [1.54, 1.807) is 6.20 Å². The van der Waals surface area contributed by atoms with Crippen molar-refractivity contribution in [2.75, 3.05) is 5.32 Å². The van der Waals surface area contributed by atoms with Gasteiger partial charge >= 0.3 is 0 Å². The van der Waals surface area contributed by atoms with Gasteiger partial charge in [-0.15, -0.1) is 0 Å². The number of nitrogens with one attached hydrogen (secondary N) is 1. The predicted octanol–water partition coefficient (Wildman–Crippen LogP) is 1.57. The molecule has 0 bridgehead atoms. The van der Waals surface area contributed by atoms with Gasteiger partial charge in [0.15, 0.2) is 0 Å². The van der Waals surface area contributed by atoms with Crippen LogP contribution in [-0.2, 0) is 11.2 Å². The van der Waals surface area contributed by atoms with Crippen LogP contribution in [0, 0.1) is 3.57 Å². The molecule has 0 aromatic carbocycles. The molecule has 62 valence electrons. The third kappa shape index (κ3) is 1.31. The SMILES string of the molecule is O=C1CCc2c(I)ccnc2N1. The van der Waals surface area contributed by atoms with Crippen LogP contribution in [0.15, 0.2) is 12.3 Å². The Morgan fingerprint density at radius 1 is 1.50 bits per heavy atom. The van der Waals surface area contributed by atoms with Crippen molar-refractivity contribution in [3.63, 3.8) is 0 Å². The van der Waals surface area contributed by atoms with E-state index in [4.69, 9.17) is 0 Å². The lowest BCUT2D eigenvalue weighted by atomic mass is 10.1. The maximum absolute atomic E-state index is 11.0. The summed E-state index contributed by atoms with van der Waals surface area (Å²) >= 11 is 2.26. The highest BCUT2D eigenvalue weighted by Crippen LogP contribution is 2.24. The molecule has 4 heteroatoms. The van der Waals surface area contributed by atoms with Crippen LogP contribution in [0.25, 0.3) is 0 Å². The lowest BCUT2D eigenvalue weighted by molar-refractivity contribution is -0.116. The molecule has 0 saturated carbocycles. The molecule has 0 atom stereocenters. The van der Waals surface area contributed by atoms with Gasteiger partial charge in [0.25, 0.3) is 0 Å². The minimum Gasteiger partial charge on any atom is -0.310 e. The topological polar surface area (TPSA) is 42.0 Å². The summed E-state index contributed by atoms with van der Waals surface area (Å²) in [7, 11) is 0. The Balaban J connectivity index is 2.48. The number of carbonyl (C=O) groups is 1. The molecule has 0 spiro atoms. The molecule has 1 aromatic heterocycles. The minimum atomic E-state index is 0.0667. The minimum absolute atomic E-state index is 0.0667. The van der Waals surface area contributed by atoms with Gasteiger partial charge < -0.3 is 5.32 Å². The zero-order valence-electron chi connectivity index (χ0n) is 6.30. The first-order valence-corrected chi connectivity index (χ1v) is 4.78. The van der Waals surface area contributed by atoms with E-state index in [1.165, 1.54) is 3.57 Å². The summed E-state index contributed by atoms with van der Waals surface area (Å²) in [6.45, 7) is 0. The average Bonchev–Trinajstić information content (AvgIpc) is 2.04. The van der Waals surface area contributed by atoms with E-state index in [9.17, 15) is 4.79 Å². The summed E-state index contributed by atoms with van der Waals surface area (Å²) in [5, 5.41) is 2.75. The Bertz CT molecular complexity index is 338. The lowest BCUT2D eigenvalue weighted by Gasteiger charge is -2.15. The van der Waals surface area contributed by atoms with Gasteiger partial charge in [0.05, 0.1) is 0 Å². The standard InChI is InChI=1S/C8H7IN2O/c9-6-3-4-10-8-5(6)1-2-7(12)11-8/h3-4H,1-2H2,(H,10,11,12). The molecular weight excluding hydrogens is 267 g/mol. The molecule has 1 aliphatic heterocycles. The monoisotopic (exact) mass is 274 g/mol. The maximum atomic E-state index is 11.0. The van der Waals surface area contributed by atoms with Gasteiger partial charge in [0.1, 0.15) is 5.82 Å². The molecule has 0 saturated heterocycles. The van der Waals surface area contributed by atoms with E-state index in [-0.39, 0.29) is 5.91 Å². The molecule has 2 rings (SSSR count). The van der Waals surface area contributed by atoms with E-state index in [1.807, 2.05) is 6.07 Å². The Morgan fingerprint density at radius 3 is 3.17 bits per heavy atom. The molecule has 2 heterocycles. The Labute approximate surface area is 83.7 Å². The number of halogens is 1. The van der Waals surface area contributed by atoms with Gasteiger partial charge in [-0.2, -0.15) is 0 Å². The van der Waals surface area contributed by atoms with Crippen LogP contribution in [0.3, 0.4) is 0 Å².